The number of ether oxygens (including phenoxy) is 2. The van der Waals surface area contributed by atoms with Crippen molar-refractivity contribution in [3.8, 4) is 22.6 Å². The number of hydrogen-bond donors (Lipinski definition) is 2. The second-order valence-corrected chi connectivity index (χ2v) is 5.62. The van der Waals surface area contributed by atoms with Gasteiger partial charge < -0.3 is 20.5 Å². The van der Waals surface area contributed by atoms with Crippen molar-refractivity contribution in [1.29, 1.82) is 0 Å². The molecule has 4 nitrogen and oxygen atoms in total. The zero-order chi connectivity index (χ0) is 17.5. The fraction of sp³-hybridized carbons (Fsp3) is 0.143. The highest BCUT2D eigenvalue weighted by Crippen LogP contribution is 2.24. The molecule has 3 N–H and O–H groups in total. The number of rotatable bonds is 7. The minimum Gasteiger partial charge on any atom is -0.490 e. The first-order valence-corrected chi connectivity index (χ1v) is 8.24. The minimum absolute atomic E-state index is 0.483. The first kappa shape index (κ1) is 16.7. The summed E-state index contributed by atoms with van der Waals surface area (Å²) in [6.45, 7) is 0.970. The molecule has 3 aromatic carbocycles. The number of nitrogens with two attached hydrogens (primary N) is 1. The lowest BCUT2D eigenvalue weighted by Crippen LogP contribution is -2.08. The summed E-state index contributed by atoms with van der Waals surface area (Å²) in [5.41, 5.74) is 9.81. The van der Waals surface area contributed by atoms with E-state index >= 15 is 0 Å². The summed E-state index contributed by atoms with van der Waals surface area (Å²) in [6.07, 6.45) is 0. The summed E-state index contributed by atoms with van der Waals surface area (Å²) in [6, 6.07) is 23.7. The third-order valence-electron chi connectivity index (χ3n) is 3.86. The van der Waals surface area contributed by atoms with Crippen molar-refractivity contribution in [1.82, 2.24) is 0 Å². The second-order valence-electron chi connectivity index (χ2n) is 5.62. The van der Waals surface area contributed by atoms with Crippen LogP contribution in [0.4, 0.5) is 11.4 Å². The van der Waals surface area contributed by atoms with Gasteiger partial charge in [0.2, 0.25) is 0 Å². The molecular weight excluding hydrogens is 312 g/mol. The first-order valence-electron chi connectivity index (χ1n) is 8.24. The SMILES string of the molecule is CNc1ccc(-c2ccc(OCCOc3ccc(N)cc3)cc2)cc1. The molecule has 128 valence electrons. The van der Waals surface area contributed by atoms with Crippen LogP contribution in [0.5, 0.6) is 11.5 Å². The lowest BCUT2D eigenvalue weighted by atomic mass is 10.1. The molecule has 0 aromatic heterocycles. The van der Waals surface area contributed by atoms with Crippen LogP contribution in [0.1, 0.15) is 0 Å². The average molecular weight is 334 g/mol. The van der Waals surface area contributed by atoms with Crippen LogP contribution in [0, 0.1) is 0 Å². The van der Waals surface area contributed by atoms with Crippen molar-refractivity contribution in [2.24, 2.45) is 0 Å². The first-order chi connectivity index (χ1) is 12.2. The molecule has 0 heterocycles. The van der Waals surface area contributed by atoms with E-state index in [0.29, 0.717) is 13.2 Å². The molecule has 0 aliphatic carbocycles. The van der Waals surface area contributed by atoms with Gasteiger partial charge in [0, 0.05) is 18.4 Å². The lowest BCUT2D eigenvalue weighted by Gasteiger charge is -2.09. The summed E-state index contributed by atoms with van der Waals surface area (Å²) in [5, 5.41) is 3.12. The van der Waals surface area contributed by atoms with Gasteiger partial charge in [0.05, 0.1) is 0 Å². The zero-order valence-corrected chi connectivity index (χ0v) is 14.2. The molecular formula is C21H22N2O2. The van der Waals surface area contributed by atoms with Gasteiger partial charge >= 0.3 is 0 Å². The Bertz CT molecular complexity index is 782. The molecule has 0 amide bonds. The molecule has 0 spiro atoms. The average Bonchev–Trinajstić information content (AvgIpc) is 2.67. The summed E-state index contributed by atoms with van der Waals surface area (Å²) in [7, 11) is 1.91. The van der Waals surface area contributed by atoms with Gasteiger partial charge in [-0.05, 0) is 59.7 Å². The molecule has 3 rings (SSSR count). The summed E-state index contributed by atoms with van der Waals surface area (Å²) >= 11 is 0. The van der Waals surface area contributed by atoms with Crippen LogP contribution >= 0.6 is 0 Å². The van der Waals surface area contributed by atoms with E-state index in [9.17, 15) is 0 Å². The van der Waals surface area contributed by atoms with Crippen LogP contribution < -0.4 is 20.5 Å². The third-order valence-corrected chi connectivity index (χ3v) is 3.86. The Morgan fingerprint density at radius 3 is 1.60 bits per heavy atom. The van der Waals surface area contributed by atoms with Crippen molar-refractivity contribution in [2.45, 2.75) is 0 Å². The second kappa shape index (κ2) is 8.11. The summed E-state index contributed by atoms with van der Waals surface area (Å²) in [4.78, 5) is 0. The Balaban J connectivity index is 1.49. The molecule has 3 aromatic rings. The number of hydrogen-bond acceptors (Lipinski definition) is 4. The third kappa shape index (κ3) is 4.67. The van der Waals surface area contributed by atoms with E-state index in [4.69, 9.17) is 15.2 Å². The normalized spacial score (nSPS) is 10.3. The van der Waals surface area contributed by atoms with E-state index in [0.717, 1.165) is 28.4 Å². The molecule has 0 aliphatic heterocycles. The highest BCUT2D eigenvalue weighted by molar-refractivity contribution is 5.66. The minimum atomic E-state index is 0.483. The number of anilines is 2. The molecule has 0 saturated carbocycles. The lowest BCUT2D eigenvalue weighted by molar-refractivity contribution is 0.217. The molecule has 0 atom stereocenters. The van der Waals surface area contributed by atoms with Crippen LogP contribution in [-0.2, 0) is 0 Å². The van der Waals surface area contributed by atoms with Crippen LogP contribution in [0.2, 0.25) is 0 Å². The maximum atomic E-state index is 5.72. The summed E-state index contributed by atoms with van der Waals surface area (Å²) < 4.78 is 11.3. The topological polar surface area (TPSA) is 56.5 Å². The molecule has 0 unspecified atom stereocenters. The molecule has 4 heteroatoms. The van der Waals surface area contributed by atoms with Gasteiger partial charge in [-0.2, -0.15) is 0 Å². The van der Waals surface area contributed by atoms with Gasteiger partial charge in [-0.3, -0.25) is 0 Å². The Hall–Kier alpha value is -3.14. The molecule has 0 saturated heterocycles. The fourth-order valence-electron chi connectivity index (χ4n) is 2.46. The van der Waals surface area contributed by atoms with Crippen LogP contribution in [0.3, 0.4) is 0 Å². The Kier molecular flexibility index (Phi) is 5.42. The van der Waals surface area contributed by atoms with Crippen LogP contribution in [0.15, 0.2) is 72.8 Å². The predicted molar refractivity (Wildman–Crippen MR) is 103 cm³/mol. The van der Waals surface area contributed by atoms with Gasteiger partial charge in [-0.1, -0.05) is 24.3 Å². The molecule has 0 aliphatic rings. The molecule has 0 fully saturated rings. The number of nitrogen functional groups attached to an aromatic ring is 1. The van der Waals surface area contributed by atoms with E-state index in [1.165, 1.54) is 5.56 Å². The maximum absolute atomic E-state index is 5.72. The molecule has 0 bridgehead atoms. The Morgan fingerprint density at radius 2 is 1.12 bits per heavy atom. The fourth-order valence-corrected chi connectivity index (χ4v) is 2.46. The van der Waals surface area contributed by atoms with E-state index < -0.39 is 0 Å². The van der Waals surface area contributed by atoms with Gasteiger partial charge in [0.1, 0.15) is 24.7 Å². The van der Waals surface area contributed by atoms with E-state index in [-0.39, 0.29) is 0 Å². The standard InChI is InChI=1S/C21H22N2O2/c1-23-19-8-2-16(3-9-19)17-4-10-20(11-5-17)24-14-15-25-21-12-6-18(22)7-13-21/h2-13,23H,14-15,22H2,1H3. The van der Waals surface area contributed by atoms with E-state index in [1.54, 1.807) is 0 Å². The monoisotopic (exact) mass is 334 g/mol. The van der Waals surface area contributed by atoms with Crippen LogP contribution in [-0.4, -0.2) is 20.3 Å². The largest absolute Gasteiger partial charge is 0.490 e. The van der Waals surface area contributed by atoms with Gasteiger partial charge in [0.15, 0.2) is 0 Å². The smallest absolute Gasteiger partial charge is 0.122 e. The van der Waals surface area contributed by atoms with Gasteiger partial charge in [0.25, 0.3) is 0 Å². The van der Waals surface area contributed by atoms with E-state index in [2.05, 4.69) is 41.7 Å². The highest BCUT2D eigenvalue weighted by atomic mass is 16.5. The maximum Gasteiger partial charge on any atom is 0.122 e. The van der Waals surface area contributed by atoms with Crippen molar-refractivity contribution in [2.75, 3.05) is 31.3 Å². The van der Waals surface area contributed by atoms with Crippen molar-refractivity contribution < 1.29 is 9.47 Å². The van der Waals surface area contributed by atoms with Gasteiger partial charge in [-0.25, -0.2) is 0 Å². The zero-order valence-electron chi connectivity index (χ0n) is 14.2. The highest BCUT2D eigenvalue weighted by Gasteiger charge is 2.00. The molecule has 25 heavy (non-hydrogen) atoms. The predicted octanol–water partition coefficient (Wildman–Crippen LogP) is 4.44. The number of benzene rings is 3. The van der Waals surface area contributed by atoms with Crippen molar-refractivity contribution in [3.63, 3.8) is 0 Å². The van der Waals surface area contributed by atoms with Crippen LogP contribution in [0.25, 0.3) is 11.1 Å². The van der Waals surface area contributed by atoms with E-state index in [1.807, 2.05) is 43.4 Å². The molecule has 0 radical (unpaired) electrons. The summed E-state index contributed by atoms with van der Waals surface area (Å²) in [5.74, 6) is 1.62. The van der Waals surface area contributed by atoms with Crippen molar-refractivity contribution >= 4 is 11.4 Å². The van der Waals surface area contributed by atoms with Gasteiger partial charge in [-0.15, -0.1) is 0 Å². The Labute approximate surface area is 148 Å². The Morgan fingerprint density at radius 1 is 0.680 bits per heavy atom. The van der Waals surface area contributed by atoms with Crippen molar-refractivity contribution in [3.05, 3.63) is 72.8 Å². The number of nitrogens with one attached hydrogen (secondary N) is 1. The quantitative estimate of drug-likeness (QED) is 0.495.